The normalized spacial score (nSPS) is 18.4. The zero-order valence-electron chi connectivity index (χ0n) is 20.6. The highest BCUT2D eigenvalue weighted by Gasteiger charge is 2.46. The molecule has 6 nitrogen and oxygen atoms in total. The Bertz CT molecular complexity index is 1050. The molecule has 0 bridgehead atoms. The van der Waals surface area contributed by atoms with Crippen molar-refractivity contribution in [1.82, 2.24) is 14.8 Å². The van der Waals surface area contributed by atoms with Gasteiger partial charge < -0.3 is 14.9 Å². The smallest absolute Gasteiger partial charge is 0.295 e. The monoisotopic (exact) mass is 449 g/mol. The van der Waals surface area contributed by atoms with Crippen molar-refractivity contribution >= 4 is 17.4 Å². The van der Waals surface area contributed by atoms with Gasteiger partial charge in [0.2, 0.25) is 0 Å². The number of pyridine rings is 1. The minimum absolute atomic E-state index is 0.124. The molecule has 1 atom stereocenters. The lowest BCUT2D eigenvalue weighted by atomic mass is 9.84. The molecule has 2 heterocycles. The Kier molecular flexibility index (Phi) is 7.38. The second-order valence-corrected chi connectivity index (χ2v) is 9.59. The van der Waals surface area contributed by atoms with E-state index >= 15 is 0 Å². The lowest BCUT2D eigenvalue weighted by Crippen LogP contribution is -2.38. The molecule has 1 N–H and O–H groups in total. The summed E-state index contributed by atoms with van der Waals surface area (Å²) >= 11 is 0. The quantitative estimate of drug-likeness (QED) is 0.384. The second-order valence-electron chi connectivity index (χ2n) is 9.59. The van der Waals surface area contributed by atoms with E-state index in [2.05, 4.69) is 44.5 Å². The van der Waals surface area contributed by atoms with E-state index in [-0.39, 0.29) is 16.7 Å². The fraction of sp³-hybridized carbons (Fsp3) is 0.444. The molecule has 176 valence electrons. The van der Waals surface area contributed by atoms with E-state index in [9.17, 15) is 14.7 Å². The number of aromatic nitrogens is 1. The first-order valence-electron chi connectivity index (χ1n) is 11.6. The van der Waals surface area contributed by atoms with Crippen molar-refractivity contribution in [2.75, 3.05) is 26.2 Å². The number of hydrogen-bond donors (Lipinski definition) is 1. The Morgan fingerprint density at radius 1 is 1.15 bits per heavy atom. The van der Waals surface area contributed by atoms with Crippen LogP contribution in [0.2, 0.25) is 0 Å². The van der Waals surface area contributed by atoms with Gasteiger partial charge in [0.05, 0.1) is 11.6 Å². The summed E-state index contributed by atoms with van der Waals surface area (Å²) in [5.41, 5.74) is 3.19. The number of carbonyl (C=O) groups is 2. The third-order valence-corrected chi connectivity index (χ3v) is 6.45. The van der Waals surface area contributed by atoms with Crippen LogP contribution >= 0.6 is 0 Å². The molecule has 0 aliphatic carbocycles. The van der Waals surface area contributed by atoms with E-state index in [4.69, 9.17) is 0 Å². The molecule has 1 aliphatic heterocycles. The van der Waals surface area contributed by atoms with Gasteiger partial charge in [-0.25, -0.2) is 0 Å². The zero-order chi connectivity index (χ0) is 24.3. The van der Waals surface area contributed by atoms with Gasteiger partial charge >= 0.3 is 0 Å². The summed E-state index contributed by atoms with van der Waals surface area (Å²) < 4.78 is 0. The minimum atomic E-state index is -0.674. The predicted octanol–water partition coefficient (Wildman–Crippen LogP) is 4.45. The molecule has 3 rings (SSSR count). The molecule has 1 saturated heterocycles. The van der Waals surface area contributed by atoms with E-state index in [1.54, 1.807) is 23.4 Å². The van der Waals surface area contributed by atoms with E-state index in [1.807, 2.05) is 31.2 Å². The Morgan fingerprint density at radius 3 is 2.42 bits per heavy atom. The molecule has 6 heteroatoms. The van der Waals surface area contributed by atoms with Crippen LogP contribution in [0, 0.1) is 6.92 Å². The molecule has 1 aromatic carbocycles. The van der Waals surface area contributed by atoms with Crippen LogP contribution in [0.4, 0.5) is 0 Å². The predicted molar refractivity (Wildman–Crippen MR) is 131 cm³/mol. The number of benzene rings is 1. The first-order valence-corrected chi connectivity index (χ1v) is 11.6. The van der Waals surface area contributed by atoms with Gasteiger partial charge in [0.15, 0.2) is 0 Å². The standard InChI is InChI=1S/C27H35N3O3/c1-7-29(8-2)14-15-30-23(19-10-9-13-28-17-19)22(25(32)26(30)33)24(31)21-16-20(27(4,5)6)12-11-18(21)3/h9-13,16-17,23,31H,7-8,14-15H2,1-6H3/b24-22+. The van der Waals surface area contributed by atoms with Gasteiger partial charge in [-0.3, -0.25) is 14.6 Å². The van der Waals surface area contributed by atoms with Gasteiger partial charge in [-0.15, -0.1) is 0 Å². The maximum absolute atomic E-state index is 13.2. The molecule has 1 fully saturated rings. The Hall–Kier alpha value is -2.99. The van der Waals surface area contributed by atoms with Gasteiger partial charge in [-0.05, 0) is 54.3 Å². The number of aryl methyl sites for hydroxylation is 1. The number of likely N-dealkylation sites (N-methyl/N-ethyl adjacent to an activating group) is 1. The summed E-state index contributed by atoms with van der Waals surface area (Å²) in [7, 11) is 0. The van der Waals surface area contributed by atoms with Crippen molar-refractivity contribution in [3.8, 4) is 0 Å². The third-order valence-electron chi connectivity index (χ3n) is 6.45. The summed E-state index contributed by atoms with van der Waals surface area (Å²) in [5, 5.41) is 11.4. The number of Topliss-reactive ketones (excluding diaryl/α,β-unsaturated/α-hetero) is 1. The minimum Gasteiger partial charge on any atom is -0.507 e. The number of carbonyl (C=O) groups excluding carboxylic acids is 2. The molecule has 1 unspecified atom stereocenters. The number of hydrogen-bond acceptors (Lipinski definition) is 5. The molecule has 0 radical (unpaired) electrons. The fourth-order valence-electron chi connectivity index (χ4n) is 4.27. The van der Waals surface area contributed by atoms with Crippen molar-refractivity contribution in [3.63, 3.8) is 0 Å². The van der Waals surface area contributed by atoms with Gasteiger partial charge in [0, 0.05) is 31.0 Å². The molecule has 0 spiro atoms. The molecular weight excluding hydrogens is 414 g/mol. The summed E-state index contributed by atoms with van der Waals surface area (Å²) in [5.74, 6) is -1.36. The number of nitrogens with zero attached hydrogens (tertiary/aromatic N) is 3. The molecule has 33 heavy (non-hydrogen) atoms. The van der Waals surface area contributed by atoms with Crippen molar-refractivity contribution in [3.05, 3.63) is 70.6 Å². The molecular formula is C27H35N3O3. The average Bonchev–Trinajstić information content (AvgIpc) is 3.04. The van der Waals surface area contributed by atoms with Gasteiger partial charge in [-0.2, -0.15) is 0 Å². The molecule has 1 amide bonds. The largest absolute Gasteiger partial charge is 0.507 e. The van der Waals surface area contributed by atoms with Crippen LogP contribution in [0.5, 0.6) is 0 Å². The van der Waals surface area contributed by atoms with Crippen LogP contribution in [-0.2, 0) is 15.0 Å². The van der Waals surface area contributed by atoms with Gasteiger partial charge in [-0.1, -0.05) is 52.8 Å². The van der Waals surface area contributed by atoms with Crippen molar-refractivity contribution in [2.24, 2.45) is 0 Å². The first-order chi connectivity index (χ1) is 15.6. The Labute approximate surface area is 196 Å². The van der Waals surface area contributed by atoms with Crippen molar-refractivity contribution in [1.29, 1.82) is 0 Å². The maximum Gasteiger partial charge on any atom is 0.295 e. The molecule has 2 aromatic rings. The summed E-state index contributed by atoms with van der Waals surface area (Å²) in [6.45, 7) is 15.1. The Morgan fingerprint density at radius 2 is 1.85 bits per heavy atom. The topological polar surface area (TPSA) is 73.7 Å². The van der Waals surface area contributed by atoms with Crippen LogP contribution in [-0.4, -0.2) is 57.8 Å². The first kappa shape index (κ1) is 24.6. The Balaban J connectivity index is 2.15. The van der Waals surface area contributed by atoms with Gasteiger partial charge in [0.1, 0.15) is 5.76 Å². The molecule has 1 aromatic heterocycles. The number of aliphatic hydroxyl groups is 1. The number of amides is 1. The van der Waals surface area contributed by atoms with Crippen LogP contribution < -0.4 is 0 Å². The maximum atomic E-state index is 13.2. The number of rotatable bonds is 7. The zero-order valence-corrected chi connectivity index (χ0v) is 20.6. The van der Waals surface area contributed by atoms with Crippen LogP contribution in [0.15, 0.2) is 48.3 Å². The molecule has 1 aliphatic rings. The SMILES string of the molecule is CCN(CC)CCN1C(=O)C(=O)/C(=C(/O)c2cc(C(C)(C)C)ccc2C)C1c1cccnc1. The summed E-state index contributed by atoms with van der Waals surface area (Å²) in [6, 6.07) is 8.87. The lowest BCUT2D eigenvalue weighted by Gasteiger charge is -2.28. The third kappa shape index (κ3) is 5.01. The average molecular weight is 450 g/mol. The second kappa shape index (κ2) is 9.87. The van der Waals surface area contributed by atoms with E-state index in [1.165, 1.54) is 0 Å². The van der Waals surface area contributed by atoms with E-state index in [0.29, 0.717) is 24.2 Å². The van der Waals surface area contributed by atoms with E-state index < -0.39 is 17.7 Å². The number of likely N-dealkylation sites (tertiary alicyclic amines) is 1. The summed E-state index contributed by atoms with van der Waals surface area (Å²) in [6.07, 6.45) is 3.31. The van der Waals surface area contributed by atoms with Crippen LogP contribution in [0.1, 0.15) is 62.9 Å². The fourth-order valence-corrected chi connectivity index (χ4v) is 4.27. The number of ketones is 1. The number of aliphatic hydroxyl groups excluding tert-OH is 1. The highest BCUT2D eigenvalue weighted by atomic mass is 16.3. The van der Waals surface area contributed by atoms with E-state index in [0.717, 1.165) is 24.2 Å². The van der Waals surface area contributed by atoms with Crippen molar-refractivity contribution < 1.29 is 14.7 Å². The van der Waals surface area contributed by atoms with Gasteiger partial charge in [0.25, 0.3) is 11.7 Å². The van der Waals surface area contributed by atoms with Crippen molar-refractivity contribution in [2.45, 2.75) is 53.0 Å². The molecule has 0 saturated carbocycles. The van der Waals surface area contributed by atoms with Crippen LogP contribution in [0.3, 0.4) is 0 Å². The lowest BCUT2D eigenvalue weighted by molar-refractivity contribution is -0.140. The van der Waals surface area contributed by atoms with Crippen LogP contribution in [0.25, 0.3) is 5.76 Å². The highest BCUT2D eigenvalue weighted by Crippen LogP contribution is 2.40. The summed E-state index contributed by atoms with van der Waals surface area (Å²) in [4.78, 5) is 34.4. The highest BCUT2D eigenvalue weighted by molar-refractivity contribution is 6.46.